The number of carboxylic acid groups (broad SMARTS) is 1. The van der Waals surface area contributed by atoms with E-state index in [4.69, 9.17) is 19.7 Å². The Morgan fingerprint density at radius 1 is 1.38 bits per heavy atom. The van der Waals surface area contributed by atoms with Crippen LogP contribution in [0, 0.1) is 0 Å². The van der Waals surface area contributed by atoms with E-state index in [9.17, 15) is 4.79 Å². The van der Waals surface area contributed by atoms with Crippen molar-refractivity contribution in [3.63, 3.8) is 0 Å². The minimum Gasteiger partial charge on any atom is -0.482 e. The number of nitrogens with zero attached hydrogens (tertiary/aromatic N) is 1. The molecule has 0 saturated carbocycles. The average Bonchev–Trinajstić information content (AvgIpc) is 2.47. The molecule has 0 amide bonds. The largest absolute Gasteiger partial charge is 0.482 e. The first-order chi connectivity index (χ1) is 10.2. The molecule has 116 valence electrons. The van der Waals surface area contributed by atoms with Gasteiger partial charge in [0.05, 0.1) is 12.7 Å². The molecule has 21 heavy (non-hydrogen) atoms. The summed E-state index contributed by atoms with van der Waals surface area (Å²) in [4.78, 5) is 12.7. The highest BCUT2D eigenvalue weighted by Crippen LogP contribution is 2.16. The lowest BCUT2D eigenvalue weighted by Gasteiger charge is -2.32. The third-order valence-electron chi connectivity index (χ3n) is 3.37. The lowest BCUT2D eigenvalue weighted by molar-refractivity contribution is -0.139. The molecule has 6 heteroatoms. The molecule has 1 fully saturated rings. The van der Waals surface area contributed by atoms with Crippen molar-refractivity contribution < 1.29 is 24.5 Å². The number of ether oxygens (including phenoxy) is 2. The Morgan fingerprint density at radius 3 is 2.81 bits per heavy atom. The lowest BCUT2D eigenvalue weighted by atomic mass is 10.1. The molecule has 0 radical (unpaired) electrons. The van der Waals surface area contributed by atoms with Gasteiger partial charge in [0.1, 0.15) is 5.75 Å². The summed E-state index contributed by atoms with van der Waals surface area (Å²) in [6, 6.07) is 7.44. The summed E-state index contributed by atoms with van der Waals surface area (Å²) in [7, 11) is 0. The number of carboxylic acids is 1. The SMILES string of the molecule is O=C(O)COc1ccc(CN2CCOC(CCO)C2)cc1. The van der Waals surface area contributed by atoms with E-state index in [1.165, 1.54) is 0 Å². The molecule has 1 unspecified atom stereocenters. The van der Waals surface area contributed by atoms with Crippen molar-refractivity contribution in [1.29, 1.82) is 0 Å². The summed E-state index contributed by atoms with van der Waals surface area (Å²) in [6.07, 6.45) is 0.764. The maximum Gasteiger partial charge on any atom is 0.341 e. The van der Waals surface area contributed by atoms with Gasteiger partial charge in [-0.1, -0.05) is 12.1 Å². The van der Waals surface area contributed by atoms with Gasteiger partial charge in [0, 0.05) is 26.2 Å². The number of carbonyl (C=O) groups is 1. The van der Waals surface area contributed by atoms with Gasteiger partial charge >= 0.3 is 5.97 Å². The standard InChI is InChI=1S/C15H21NO5/c17-7-5-14-10-16(6-8-20-14)9-12-1-3-13(4-2-12)21-11-15(18)19/h1-4,14,17H,5-11H2,(H,18,19). The fraction of sp³-hybridized carbons (Fsp3) is 0.533. The van der Waals surface area contributed by atoms with Gasteiger partial charge in [0.25, 0.3) is 0 Å². The fourth-order valence-corrected chi connectivity index (χ4v) is 2.34. The Balaban J connectivity index is 1.83. The van der Waals surface area contributed by atoms with E-state index in [-0.39, 0.29) is 19.3 Å². The molecule has 0 spiro atoms. The van der Waals surface area contributed by atoms with E-state index >= 15 is 0 Å². The van der Waals surface area contributed by atoms with Crippen molar-refractivity contribution in [3.8, 4) is 5.75 Å². The molecule has 6 nitrogen and oxygen atoms in total. The highest BCUT2D eigenvalue weighted by atomic mass is 16.5. The molecule has 2 rings (SSSR count). The van der Waals surface area contributed by atoms with Crippen LogP contribution in [0.3, 0.4) is 0 Å². The molecule has 1 aliphatic heterocycles. The maximum atomic E-state index is 10.4. The van der Waals surface area contributed by atoms with Gasteiger partial charge in [-0.25, -0.2) is 4.79 Å². The van der Waals surface area contributed by atoms with Crippen molar-refractivity contribution in [3.05, 3.63) is 29.8 Å². The molecule has 1 aromatic carbocycles. The number of aliphatic hydroxyl groups excluding tert-OH is 1. The lowest BCUT2D eigenvalue weighted by Crippen LogP contribution is -2.42. The Kier molecular flexibility index (Phi) is 5.98. The second-order valence-corrected chi connectivity index (χ2v) is 5.07. The smallest absolute Gasteiger partial charge is 0.341 e. The molecule has 0 aliphatic carbocycles. The van der Waals surface area contributed by atoms with Gasteiger partial charge in [0.2, 0.25) is 0 Å². The first kappa shape index (κ1) is 15.8. The summed E-state index contributed by atoms with van der Waals surface area (Å²) in [5.41, 5.74) is 1.14. The van der Waals surface area contributed by atoms with Gasteiger partial charge in [-0.05, 0) is 24.1 Å². The van der Waals surface area contributed by atoms with Crippen LogP contribution >= 0.6 is 0 Å². The van der Waals surface area contributed by atoms with Crippen LogP contribution in [0.1, 0.15) is 12.0 Å². The summed E-state index contributed by atoms with van der Waals surface area (Å²) in [5.74, 6) is -0.427. The molecule has 1 saturated heterocycles. The summed E-state index contributed by atoms with van der Waals surface area (Å²) < 4.78 is 10.7. The number of aliphatic hydroxyl groups is 1. The van der Waals surface area contributed by atoms with Gasteiger partial charge in [0.15, 0.2) is 6.61 Å². The monoisotopic (exact) mass is 295 g/mol. The van der Waals surface area contributed by atoms with E-state index in [1.54, 1.807) is 12.1 Å². The number of aliphatic carboxylic acids is 1. The number of morpholine rings is 1. The van der Waals surface area contributed by atoms with Crippen molar-refractivity contribution in [2.24, 2.45) is 0 Å². The second kappa shape index (κ2) is 7.97. The third-order valence-corrected chi connectivity index (χ3v) is 3.37. The van der Waals surface area contributed by atoms with Gasteiger partial charge in [-0.15, -0.1) is 0 Å². The predicted octanol–water partition coefficient (Wildman–Crippen LogP) is 0.733. The van der Waals surface area contributed by atoms with Crippen molar-refractivity contribution in [1.82, 2.24) is 4.90 Å². The number of hydrogen-bond acceptors (Lipinski definition) is 5. The highest BCUT2D eigenvalue weighted by molar-refractivity contribution is 5.68. The molecule has 2 N–H and O–H groups in total. The van der Waals surface area contributed by atoms with Crippen molar-refractivity contribution in [2.45, 2.75) is 19.1 Å². The zero-order valence-corrected chi connectivity index (χ0v) is 11.9. The van der Waals surface area contributed by atoms with Gasteiger partial charge < -0.3 is 19.7 Å². The highest BCUT2D eigenvalue weighted by Gasteiger charge is 2.19. The number of benzene rings is 1. The Hall–Kier alpha value is -1.63. The first-order valence-corrected chi connectivity index (χ1v) is 7.05. The summed E-state index contributed by atoms with van der Waals surface area (Å²) >= 11 is 0. The zero-order chi connectivity index (χ0) is 15.1. The summed E-state index contributed by atoms with van der Waals surface area (Å²) in [6.45, 7) is 3.01. The zero-order valence-electron chi connectivity index (χ0n) is 11.9. The van der Waals surface area contributed by atoms with Gasteiger partial charge in [-0.3, -0.25) is 4.90 Å². The normalized spacial score (nSPS) is 19.4. The topological polar surface area (TPSA) is 79.2 Å². The van der Waals surface area contributed by atoms with Crippen LogP contribution in [0.2, 0.25) is 0 Å². The second-order valence-electron chi connectivity index (χ2n) is 5.07. The average molecular weight is 295 g/mol. The Morgan fingerprint density at radius 2 is 2.14 bits per heavy atom. The van der Waals surface area contributed by atoms with Crippen LogP contribution in [-0.4, -0.2) is 60.1 Å². The molecular weight excluding hydrogens is 274 g/mol. The fourth-order valence-electron chi connectivity index (χ4n) is 2.34. The van der Waals surface area contributed by atoms with E-state index in [1.807, 2.05) is 12.1 Å². The Labute approximate surface area is 123 Å². The van der Waals surface area contributed by atoms with Crippen molar-refractivity contribution in [2.75, 3.05) is 32.9 Å². The van der Waals surface area contributed by atoms with Crippen LogP contribution < -0.4 is 4.74 Å². The van der Waals surface area contributed by atoms with Crippen molar-refractivity contribution >= 4 is 5.97 Å². The van der Waals surface area contributed by atoms with E-state index in [0.29, 0.717) is 18.8 Å². The van der Waals surface area contributed by atoms with Gasteiger partial charge in [-0.2, -0.15) is 0 Å². The third kappa shape index (κ3) is 5.34. The predicted molar refractivity (Wildman–Crippen MR) is 76.3 cm³/mol. The number of rotatable bonds is 7. The van der Waals surface area contributed by atoms with Crippen LogP contribution in [-0.2, 0) is 16.1 Å². The molecule has 1 aromatic rings. The van der Waals surface area contributed by atoms with Crippen LogP contribution in [0.25, 0.3) is 0 Å². The molecule has 1 heterocycles. The van der Waals surface area contributed by atoms with Crippen LogP contribution in [0.5, 0.6) is 5.75 Å². The molecule has 0 aromatic heterocycles. The van der Waals surface area contributed by atoms with Crippen LogP contribution in [0.4, 0.5) is 0 Å². The Bertz CT molecular complexity index is 446. The minimum absolute atomic E-state index is 0.0990. The summed E-state index contributed by atoms with van der Waals surface area (Å²) in [5, 5.41) is 17.5. The molecule has 0 bridgehead atoms. The molecule has 1 aliphatic rings. The quantitative estimate of drug-likeness (QED) is 0.772. The molecule has 1 atom stereocenters. The number of hydrogen-bond donors (Lipinski definition) is 2. The maximum absolute atomic E-state index is 10.4. The van der Waals surface area contributed by atoms with E-state index in [2.05, 4.69) is 4.90 Å². The van der Waals surface area contributed by atoms with Crippen LogP contribution in [0.15, 0.2) is 24.3 Å². The first-order valence-electron chi connectivity index (χ1n) is 7.05. The molecular formula is C15H21NO5. The van der Waals surface area contributed by atoms with E-state index in [0.717, 1.165) is 25.2 Å². The van der Waals surface area contributed by atoms with E-state index < -0.39 is 5.97 Å². The minimum atomic E-state index is -0.984.